The number of rotatable bonds is 7. The molecule has 0 aliphatic carbocycles. The second-order valence-corrected chi connectivity index (χ2v) is 6.78. The molecule has 0 aromatic heterocycles. The molecule has 1 N–H and O–H groups in total. The van der Waals surface area contributed by atoms with Crippen LogP contribution in [0.5, 0.6) is 0 Å². The predicted molar refractivity (Wildman–Crippen MR) is 95.4 cm³/mol. The third-order valence-corrected chi connectivity index (χ3v) is 4.04. The summed E-state index contributed by atoms with van der Waals surface area (Å²) in [7, 11) is -3.68. The summed E-state index contributed by atoms with van der Waals surface area (Å²) in [6.45, 7) is 1.02. The molecule has 2 aromatic carbocycles. The molecule has 2 rings (SSSR count). The zero-order valence-electron chi connectivity index (χ0n) is 13.5. The molecule has 0 saturated heterocycles. The van der Waals surface area contributed by atoms with E-state index < -0.39 is 16.0 Å². The standard InChI is InChI=1S/C18H17NO5S/c1-14(20)13-24-18(21)16-7-9-17(10-8-16)19-25(22,23)12-11-15-5-3-2-4-6-15/h2-12,19H,13H2,1H3/b12-11+. The molecule has 0 fully saturated rings. The van der Waals surface area contributed by atoms with Gasteiger partial charge >= 0.3 is 5.97 Å². The SMILES string of the molecule is CC(=O)COC(=O)c1ccc(NS(=O)(=O)/C=C/c2ccccc2)cc1. The highest BCUT2D eigenvalue weighted by Gasteiger charge is 2.10. The van der Waals surface area contributed by atoms with E-state index in [2.05, 4.69) is 4.72 Å². The molecule has 6 nitrogen and oxygen atoms in total. The molecule has 0 spiro atoms. The molecule has 7 heteroatoms. The average Bonchev–Trinajstić information content (AvgIpc) is 2.59. The van der Waals surface area contributed by atoms with E-state index >= 15 is 0 Å². The fourth-order valence-corrected chi connectivity index (χ4v) is 2.72. The summed E-state index contributed by atoms with van der Waals surface area (Å²) >= 11 is 0. The lowest BCUT2D eigenvalue weighted by Crippen LogP contribution is -2.12. The van der Waals surface area contributed by atoms with Crippen LogP contribution in [0.15, 0.2) is 60.0 Å². The van der Waals surface area contributed by atoms with Crippen LogP contribution in [-0.4, -0.2) is 26.8 Å². The van der Waals surface area contributed by atoms with Gasteiger partial charge in [-0.25, -0.2) is 13.2 Å². The van der Waals surface area contributed by atoms with Crippen molar-refractivity contribution in [2.24, 2.45) is 0 Å². The Morgan fingerprint density at radius 1 is 1.04 bits per heavy atom. The van der Waals surface area contributed by atoms with Crippen molar-refractivity contribution in [2.45, 2.75) is 6.92 Å². The van der Waals surface area contributed by atoms with Crippen LogP contribution in [0.2, 0.25) is 0 Å². The molecule has 0 atom stereocenters. The van der Waals surface area contributed by atoms with Crippen LogP contribution in [-0.2, 0) is 19.6 Å². The highest BCUT2D eigenvalue weighted by atomic mass is 32.2. The maximum Gasteiger partial charge on any atom is 0.338 e. The smallest absolute Gasteiger partial charge is 0.338 e. The number of anilines is 1. The highest BCUT2D eigenvalue weighted by Crippen LogP contribution is 2.13. The number of hydrogen-bond donors (Lipinski definition) is 1. The van der Waals surface area contributed by atoms with Crippen molar-refractivity contribution in [1.29, 1.82) is 0 Å². The molecule has 25 heavy (non-hydrogen) atoms. The van der Waals surface area contributed by atoms with Crippen molar-refractivity contribution >= 4 is 33.5 Å². The fourth-order valence-electron chi connectivity index (χ4n) is 1.86. The molecule has 0 unspecified atom stereocenters. The van der Waals surface area contributed by atoms with Gasteiger partial charge in [-0.2, -0.15) is 0 Å². The molecule has 0 bridgehead atoms. The highest BCUT2D eigenvalue weighted by molar-refractivity contribution is 7.95. The van der Waals surface area contributed by atoms with Gasteiger partial charge in [0.1, 0.15) is 6.61 Å². The van der Waals surface area contributed by atoms with Crippen LogP contribution < -0.4 is 4.72 Å². The second kappa shape index (κ2) is 8.25. The van der Waals surface area contributed by atoms with Gasteiger partial charge in [-0.3, -0.25) is 9.52 Å². The number of ether oxygens (including phenoxy) is 1. The Bertz CT molecular complexity index is 871. The maximum atomic E-state index is 12.0. The van der Waals surface area contributed by atoms with Crippen LogP contribution in [0.25, 0.3) is 6.08 Å². The molecule has 2 aromatic rings. The van der Waals surface area contributed by atoms with E-state index in [9.17, 15) is 18.0 Å². The van der Waals surface area contributed by atoms with Crippen LogP contribution in [0.1, 0.15) is 22.8 Å². The van der Waals surface area contributed by atoms with Gasteiger partial charge in [0.05, 0.1) is 11.0 Å². The zero-order chi connectivity index (χ0) is 18.3. The van der Waals surface area contributed by atoms with Gasteiger partial charge in [-0.05, 0) is 42.8 Å². The first-order valence-corrected chi connectivity index (χ1v) is 8.93. The quantitative estimate of drug-likeness (QED) is 0.768. The van der Waals surface area contributed by atoms with E-state index in [0.717, 1.165) is 11.0 Å². The van der Waals surface area contributed by atoms with Gasteiger partial charge in [0, 0.05) is 5.69 Å². The third-order valence-electron chi connectivity index (χ3n) is 3.03. The van der Waals surface area contributed by atoms with Crippen molar-refractivity contribution in [2.75, 3.05) is 11.3 Å². The predicted octanol–water partition coefficient (Wildman–Crippen LogP) is 2.85. The van der Waals surface area contributed by atoms with Gasteiger partial charge in [0.25, 0.3) is 10.0 Å². The maximum absolute atomic E-state index is 12.0. The summed E-state index contributed by atoms with van der Waals surface area (Å²) in [5.41, 5.74) is 1.29. The largest absolute Gasteiger partial charge is 0.454 e. The summed E-state index contributed by atoms with van der Waals surface area (Å²) < 4.78 is 31.2. The van der Waals surface area contributed by atoms with Crippen LogP contribution in [0, 0.1) is 0 Å². The topological polar surface area (TPSA) is 89.5 Å². The lowest BCUT2D eigenvalue weighted by molar-refractivity contribution is -0.120. The number of nitrogens with one attached hydrogen (secondary N) is 1. The molecule has 0 aliphatic heterocycles. The number of ketones is 1. The van der Waals surface area contributed by atoms with E-state index in [4.69, 9.17) is 4.74 Å². The van der Waals surface area contributed by atoms with Crippen molar-refractivity contribution in [1.82, 2.24) is 0 Å². The van der Waals surface area contributed by atoms with Gasteiger partial charge < -0.3 is 4.74 Å². The number of benzene rings is 2. The van der Waals surface area contributed by atoms with Gasteiger partial charge in [-0.15, -0.1) is 0 Å². The Balaban J connectivity index is 2.01. The monoisotopic (exact) mass is 359 g/mol. The normalized spacial score (nSPS) is 11.2. The summed E-state index contributed by atoms with van der Waals surface area (Å²) in [5.74, 6) is -0.906. The molecule has 0 amide bonds. The first-order chi connectivity index (χ1) is 11.9. The molecule has 0 aliphatic rings. The lowest BCUT2D eigenvalue weighted by Gasteiger charge is -2.06. The molecule has 0 radical (unpaired) electrons. The summed E-state index contributed by atoms with van der Waals surface area (Å²) in [5, 5.41) is 1.07. The van der Waals surface area contributed by atoms with E-state index in [0.29, 0.717) is 5.69 Å². The minimum atomic E-state index is -3.68. The number of sulfonamides is 1. The number of esters is 1. The van der Waals surface area contributed by atoms with Crippen molar-refractivity contribution in [3.63, 3.8) is 0 Å². The van der Waals surface area contributed by atoms with Crippen molar-refractivity contribution in [3.8, 4) is 0 Å². The van der Waals surface area contributed by atoms with E-state index in [1.807, 2.05) is 18.2 Å². The average molecular weight is 359 g/mol. The number of carbonyl (C=O) groups is 2. The van der Waals surface area contributed by atoms with E-state index in [-0.39, 0.29) is 18.0 Å². The van der Waals surface area contributed by atoms with Crippen LogP contribution in [0.4, 0.5) is 5.69 Å². The molecule has 0 saturated carbocycles. The Labute approximate surface area is 146 Å². The number of hydrogen-bond acceptors (Lipinski definition) is 5. The Kier molecular flexibility index (Phi) is 6.08. The minimum Gasteiger partial charge on any atom is -0.454 e. The van der Waals surface area contributed by atoms with Gasteiger partial charge in [0.15, 0.2) is 5.78 Å². The first-order valence-electron chi connectivity index (χ1n) is 7.38. The van der Waals surface area contributed by atoms with Gasteiger partial charge in [0.2, 0.25) is 0 Å². The fraction of sp³-hybridized carbons (Fsp3) is 0.111. The Hall–Kier alpha value is -2.93. The Morgan fingerprint density at radius 3 is 2.28 bits per heavy atom. The third kappa shape index (κ3) is 6.23. The van der Waals surface area contributed by atoms with Crippen LogP contribution in [0.3, 0.4) is 0 Å². The number of carbonyl (C=O) groups excluding carboxylic acids is 2. The van der Waals surface area contributed by atoms with Gasteiger partial charge in [-0.1, -0.05) is 30.3 Å². The van der Waals surface area contributed by atoms with Crippen molar-refractivity contribution < 1.29 is 22.7 Å². The second-order valence-electron chi connectivity index (χ2n) is 5.22. The molecular weight excluding hydrogens is 342 g/mol. The lowest BCUT2D eigenvalue weighted by atomic mass is 10.2. The zero-order valence-corrected chi connectivity index (χ0v) is 14.3. The van der Waals surface area contributed by atoms with Crippen LogP contribution >= 0.6 is 0 Å². The van der Waals surface area contributed by atoms with E-state index in [1.54, 1.807) is 12.1 Å². The first kappa shape index (κ1) is 18.4. The summed E-state index contributed by atoms with van der Waals surface area (Å²) in [4.78, 5) is 22.5. The molecular formula is C18H17NO5S. The summed E-state index contributed by atoms with van der Waals surface area (Å²) in [6, 6.07) is 14.8. The van der Waals surface area contributed by atoms with E-state index in [1.165, 1.54) is 37.3 Å². The summed E-state index contributed by atoms with van der Waals surface area (Å²) in [6.07, 6.45) is 1.48. The number of Topliss-reactive ketones (excluding diaryl/α,β-unsaturated/α-hetero) is 1. The molecule has 0 heterocycles. The minimum absolute atomic E-state index is 0.226. The Morgan fingerprint density at radius 2 is 1.68 bits per heavy atom. The molecule has 130 valence electrons. The van der Waals surface area contributed by atoms with Crippen molar-refractivity contribution in [3.05, 3.63) is 71.1 Å².